The summed E-state index contributed by atoms with van der Waals surface area (Å²) in [5, 5.41) is 3.32. The van der Waals surface area contributed by atoms with E-state index in [2.05, 4.69) is 86.2 Å². The van der Waals surface area contributed by atoms with Crippen LogP contribution in [-0.2, 0) is 26.5 Å². The van der Waals surface area contributed by atoms with Crippen LogP contribution >= 0.6 is 11.3 Å². The Hall–Kier alpha value is -3.63. The molecule has 0 bridgehead atoms. The van der Waals surface area contributed by atoms with Crippen LogP contribution in [0.15, 0.2) is 83.5 Å². The summed E-state index contributed by atoms with van der Waals surface area (Å²) >= 11 is 1.76. The van der Waals surface area contributed by atoms with Crippen LogP contribution in [0.3, 0.4) is 0 Å². The number of fused-ring (bicyclic) bond motifs is 4. The summed E-state index contributed by atoms with van der Waals surface area (Å²) < 4.78 is 24.7. The minimum Gasteiger partial charge on any atom is -0.501 e. The molecular weight excluding hydrogens is 737 g/mol. The quantitative estimate of drug-likeness (QED) is 0.168. The van der Waals surface area contributed by atoms with Crippen molar-refractivity contribution in [2.75, 3.05) is 0 Å². The molecule has 0 unspecified atom stereocenters. The van der Waals surface area contributed by atoms with Crippen molar-refractivity contribution < 1.29 is 27.3 Å². The summed E-state index contributed by atoms with van der Waals surface area (Å²) in [7, 11) is 0. The molecule has 0 aliphatic heterocycles. The van der Waals surface area contributed by atoms with E-state index in [1.54, 1.807) is 23.6 Å². The number of hydrogen-bond acceptors (Lipinski definition) is 4. The molecule has 0 N–H and O–H groups in total. The third-order valence-electron chi connectivity index (χ3n) is 7.35. The van der Waals surface area contributed by atoms with Crippen molar-refractivity contribution in [2.45, 2.75) is 54.8 Å². The number of hydrogen-bond donors (Lipinski definition) is 0. The van der Waals surface area contributed by atoms with E-state index in [0.29, 0.717) is 11.3 Å². The van der Waals surface area contributed by atoms with Crippen molar-refractivity contribution in [3.05, 3.63) is 118 Å². The van der Waals surface area contributed by atoms with Crippen molar-refractivity contribution in [2.24, 2.45) is 5.41 Å². The molecule has 5 heteroatoms. The maximum absolute atomic E-state index is 8.62. The van der Waals surface area contributed by atoms with Crippen LogP contribution in [0.25, 0.3) is 54.5 Å². The minimum absolute atomic E-state index is 0. The van der Waals surface area contributed by atoms with Crippen LogP contribution in [-0.4, -0.2) is 9.97 Å². The van der Waals surface area contributed by atoms with Crippen LogP contribution in [0, 0.1) is 45.2 Å². The van der Waals surface area contributed by atoms with Gasteiger partial charge in [-0.15, -0.1) is 64.9 Å². The van der Waals surface area contributed by atoms with Crippen LogP contribution in [0.2, 0.25) is 0 Å². The van der Waals surface area contributed by atoms with Crippen molar-refractivity contribution >= 4 is 43.4 Å². The van der Waals surface area contributed by atoms with Crippen LogP contribution in [0.5, 0.6) is 0 Å². The number of benzene rings is 3. The topological polar surface area (TPSA) is 38.9 Å². The van der Waals surface area contributed by atoms with Gasteiger partial charge in [-0.25, -0.2) is 0 Å². The molecule has 0 amide bonds. The first-order chi connectivity index (χ1) is 21.3. The molecule has 7 rings (SSSR count). The Morgan fingerprint density at radius 3 is 2.41 bits per heavy atom. The number of thiophene rings is 1. The van der Waals surface area contributed by atoms with Gasteiger partial charge in [-0.05, 0) is 79.2 Å². The number of aromatic nitrogens is 2. The maximum Gasteiger partial charge on any atom is 0.122 e. The van der Waals surface area contributed by atoms with Crippen LogP contribution in [0.1, 0.15) is 50.6 Å². The minimum atomic E-state index is -1.49. The predicted molar refractivity (Wildman–Crippen MR) is 182 cm³/mol. The van der Waals surface area contributed by atoms with Gasteiger partial charge in [0.25, 0.3) is 0 Å². The smallest absolute Gasteiger partial charge is 0.122 e. The van der Waals surface area contributed by atoms with E-state index >= 15 is 0 Å². The monoisotopic (exact) mass is 775 g/mol. The van der Waals surface area contributed by atoms with Gasteiger partial charge >= 0.3 is 0 Å². The molecule has 4 heterocycles. The van der Waals surface area contributed by atoms with Gasteiger partial charge < -0.3 is 14.4 Å². The molecule has 0 aliphatic rings. The molecule has 0 spiro atoms. The second-order valence-corrected chi connectivity index (χ2v) is 13.5. The molecular formula is C39H36IrN2OS-2. The van der Waals surface area contributed by atoms with Crippen molar-refractivity contribution in [1.29, 1.82) is 0 Å². The fraction of sp³-hybridized carbons (Fsp3) is 0.231. The van der Waals surface area contributed by atoms with E-state index in [9.17, 15) is 0 Å². The Morgan fingerprint density at radius 1 is 0.864 bits per heavy atom. The summed E-state index contributed by atoms with van der Waals surface area (Å²) in [6.07, 6.45) is 2.09. The molecule has 4 aromatic heterocycles. The number of furan rings is 1. The predicted octanol–water partition coefficient (Wildman–Crippen LogP) is 11.0. The summed E-state index contributed by atoms with van der Waals surface area (Å²) in [5.74, 6) is 0. The molecule has 0 saturated heterocycles. The Morgan fingerprint density at radius 2 is 1.68 bits per heavy atom. The molecule has 0 saturated carbocycles. The summed E-state index contributed by atoms with van der Waals surface area (Å²) in [6.45, 7) is 14.1. The average molecular weight is 775 g/mol. The molecule has 3 nitrogen and oxygen atoms in total. The van der Waals surface area contributed by atoms with Crippen LogP contribution in [0.4, 0.5) is 0 Å². The number of rotatable bonds is 3. The molecule has 3 aromatic carbocycles. The van der Waals surface area contributed by atoms with Crippen molar-refractivity contribution in [3.63, 3.8) is 0 Å². The van der Waals surface area contributed by atoms with Crippen LogP contribution < -0.4 is 0 Å². The third-order valence-corrected chi connectivity index (χ3v) is 8.36. The fourth-order valence-corrected chi connectivity index (χ4v) is 6.04. The van der Waals surface area contributed by atoms with E-state index < -0.39 is 11.8 Å². The number of nitrogens with zero attached hydrogens (tertiary/aromatic N) is 2. The molecule has 0 aliphatic carbocycles. The summed E-state index contributed by atoms with van der Waals surface area (Å²) in [4.78, 5) is 10.2. The summed E-state index contributed by atoms with van der Waals surface area (Å²) in [6, 6.07) is 28.7. The maximum atomic E-state index is 8.62. The zero-order valence-electron chi connectivity index (χ0n) is 28.0. The van der Waals surface area contributed by atoms with Gasteiger partial charge in [0.15, 0.2) is 0 Å². The van der Waals surface area contributed by atoms with Gasteiger partial charge in [0.2, 0.25) is 0 Å². The third kappa shape index (κ3) is 6.86. The van der Waals surface area contributed by atoms with Gasteiger partial charge in [0, 0.05) is 50.2 Å². The molecule has 225 valence electrons. The molecule has 44 heavy (non-hydrogen) atoms. The number of aryl methyl sites for hydroxylation is 4. The zero-order chi connectivity index (χ0) is 32.1. The Balaban J connectivity index is 0.000000220. The van der Waals surface area contributed by atoms with E-state index in [0.717, 1.165) is 38.8 Å². The first-order valence-corrected chi connectivity index (χ1v) is 15.3. The Kier molecular flexibility index (Phi) is 8.45. The second kappa shape index (κ2) is 12.8. The Labute approximate surface area is 280 Å². The van der Waals surface area contributed by atoms with Gasteiger partial charge in [-0.3, -0.25) is 0 Å². The van der Waals surface area contributed by atoms with Gasteiger partial charge in [-0.2, -0.15) is 0 Å². The fourth-order valence-electron chi connectivity index (χ4n) is 5.11. The molecule has 1 radical (unpaired) electrons. The van der Waals surface area contributed by atoms with Crippen molar-refractivity contribution in [3.8, 4) is 22.5 Å². The molecule has 0 atom stereocenters. The van der Waals surface area contributed by atoms with E-state index in [1.807, 2.05) is 51.2 Å². The largest absolute Gasteiger partial charge is 0.501 e. The van der Waals surface area contributed by atoms with Gasteiger partial charge in [-0.1, -0.05) is 61.9 Å². The second-order valence-electron chi connectivity index (χ2n) is 12.2. The zero-order valence-corrected chi connectivity index (χ0v) is 29.3. The van der Waals surface area contributed by atoms with Gasteiger partial charge in [0.05, 0.1) is 5.58 Å². The SMILES string of the molecule is Cc1c[c-]c(-c2cc(C)c(C)cn2)cc1.[2H]C([2H])(c1ccnc(-c2[c-]ccc3c2oc2cc4sc(C)cc4cc23)c1)C(C)(C)C.[Ir]. The van der Waals surface area contributed by atoms with Gasteiger partial charge in [0.1, 0.15) is 5.58 Å². The standard InChI is InChI=1S/C25H22NOS.C14H14N.Ir/c1-15-10-17-12-20-18-6-5-7-19(24(18)27-22(20)13-23(17)28-15)21-11-16(8-9-26-21)14-25(2,3)4;1-10-4-6-13(7-5-10)14-8-11(2)12(3)9-15-14;/h5-6,8-13H,14H2,1-4H3;4-6,8-9H,1-3H3;/q2*-1;/i14D2;;. The Bertz CT molecular complexity index is 2180. The normalized spacial score (nSPS) is 12.4. The first kappa shape index (κ1) is 29.1. The van der Waals surface area contributed by atoms with E-state index in [1.165, 1.54) is 31.7 Å². The van der Waals surface area contributed by atoms with Crippen molar-refractivity contribution in [1.82, 2.24) is 9.97 Å². The number of pyridine rings is 2. The van der Waals surface area contributed by atoms with E-state index in [4.69, 9.17) is 7.16 Å². The first-order valence-electron chi connectivity index (χ1n) is 15.5. The summed E-state index contributed by atoms with van der Waals surface area (Å²) in [5.41, 5.74) is 8.87. The molecule has 7 aromatic rings. The molecule has 0 fully saturated rings. The average Bonchev–Trinajstić information content (AvgIpc) is 3.55. The van der Waals surface area contributed by atoms with E-state index in [-0.39, 0.29) is 20.1 Å².